The van der Waals surface area contributed by atoms with E-state index in [2.05, 4.69) is 179 Å². The van der Waals surface area contributed by atoms with E-state index in [4.69, 9.17) is 0 Å². The first kappa shape index (κ1) is 25.9. The van der Waals surface area contributed by atoms with Gasteiger partial charge in [-0.2, -0.15) is 0 Å². The van der Waals surface area contributed by atoms with Gasteiger partial charge < -0.3 is 9.47 Å². The summed E-state index contributed by atoms with van der Waals surface area (Å²) >= 11 is 1.86. The lowest BCUT2D eigenvalue weighted by atomic mass is 10.0. The van der Waals surface area contributed by atoms with Crippen LogP contribution in [0.2, 0.25) is 0 Å². The summed E-state index contributed by atoms with van der Waals surface area (Å²) in [7, 11) is 0. The van der Waals surface area contributed by atoms with Crippen molar-refractivity contribution in [1.29, 1.82) is 0 Å². The first-order valence-electron chi connectivity index (χ1n) is 15.3. The van der Waals surface area contributed by atoms with Gasteiger partial charge in [0.15, 0.2) is 0 Å². The third kappa shape index (κ3) is 4.28. The Balaban J connectivity index is 1.27. The van der Waals surface area contributed by atoms with Crippen LogP contribution in [0.5, 0.6) is 0 Å². The number of hydrogen-bond donors (Lipinski definition) is 0. The fourth-order valence-corrected chi connectivity index (χ4v) is 7.83. The lowest BCUT2D eigenvalue weighted by Gasteiger charge is -2.31. The molecule has 1 aromatic heterocycles. The predicted octanol–water partition coefficient (Wildman–Crippen LogP) is 12.1. The van der Waals surface area contributed by atoms with E-state index in [1.54, 1.807) is 0 Å². The fraction of sp³-hybridized carbons (Fsp3) is 0. The van der Waals surface area contributed by atoms with Crippen molar-refractivity contribution in [1.82, 2.24) is 4.57 Å². The average Bonchev–Trinajstić information content (AvgIpc) is 3.45. The highest BCUT2D eigenvalue weighted by Crippen LogP contribution is 2.51. The molecular weight excluding hydrogens is 565 g/mol. The van der Waals surface area contributed by atoms with Crippen molar-refractivity contribution in [3.8, 4) is 27.9 Å². The van der Waals surface area contributed by atoms with Crippen molar-refractivity contribution in [2.24, 2.45) is 0 Å². The van der Waals surface area contributed by atoms with Crippen molar-refractivity contribution in [2.75, 3.05) is 4.90 Å². The number of hydrogen-bond acceptors (Lipinski definition) is 2. The minimum Gasteiger partial charge on any atom is -0.308 e. The van der Waals surface area contributed by atoms with E-state index in [9.17, 15) is 0 Å². The maximum atomic E-state index is 2.49. The van der Waals surface area contributed by atoms with Crippen LogP contribution in [0, 0.1) is 0 Å². The Morgan fingerprint density at radius 1 is 0.400 bits per heavy atom. The summed E-state index contributed by atoms with van der Waals surface area (Å²) in [4.78, 5) is 4.96. The number of benzene rings is 7. The Bertz CT molecular complexity index is 2240. The minimum absolute atomic E-state index is 1.12. The summed E-state index contributed by atoms with van der Waals surface area (Å²) in [5.74, 6) is 0. The molecule has 0 amide bonds. The normalized spacial score (nSPS) is 11.9. The van der Waals surface area contributed by atoms with Gasteiger partial charge in [-0.05, 0) is 70.8 Å². The van der Waals surface area contributed by atoms with Crippen molar-refractivity contribution in [3.05, 3.63) is 170 Å². The Hall–Kier alpha value is -5.51. The maximum Gasteiger partial charge on any atom is 0.0844 e. The minimum atomic E-state index is 1.12. The van der Waals surface area contributed by atoms with Gasteiger partial charge in [-0.1, -0.05) is 133 Å². The molecule has 1 aliphatic rings. The number of aromatic nitrogens is 1. The second-order valence-corrected chi connectivity index (χ2v) is 12.5. The zero-order chi connectivity index (χ0) is 29.7. The number of anilines is 3. The van der Waals surface area contributed by atoms with Crippen LogP contribution in [-0.2, 0) is 0 Å². The lowest BCUT2D eigenvalue weighted by Crippen LogP contribution is -2.14. The Labute approximate surface area is 266 Å². The van der Waals surface area contributed by atoms with Crippen LogP contribution in [0.4, 0.5) is 17.1 Å². The Kier molecular flexibility index (Phi) is 6.10. The van der Waals surface area contributed by atoms with Gasteiger partial charge in [0.25, 0.3) is 0 Å². The molecular formula is C42H28N2S. The molecule has 0 saturated heterocycles. The standard InChI is InChI=1S/C42H28N2S/c1-3-11-29(12-4-1)31-21-25-33(26-22-31)43(34-27-23-32(24-28-34)30-13-5-2-6-14-30)38-18-10-20-40-42(38)44-37-17-8-7-15-35(37)36-16-9-19-39(45-40)41(36)44/h1-28H. The first-order chi connectivity index (χ1) is 22.3. The molecule has 3 heteroatoms. The van der Waals surface area contributed by atoms with Crippen LogP contribution >= 0.6 is 11.8 Å². The highest BCUT2D eigenvalue weighted by molar-refractivity contribution is 7.99. The van der Waals surface area contributed by atoms with E-state index in [0.29, 0.717) is 0 Å². The molecule has 0 saturated carbocycles. The number of fused-ring (bicyclic) bond motifs is 5. The van der Waals surface area contributed by atoms with Crippen molar-refractivity contribution in [3.63, 3.8) is 0 Å². The molecule has 8 aromatic rings. The van der Waals surface area contributed by atoms with Gasteiger partial charge >= 0.3 is 0 Å². The van der Waals surface area contributed by atoms with Gasteiger partial charge in [-0.15, -0.1) is 0 Å². The van der Waals surface area contributed by atoms with Gasteiger partial charge in [0.1, 0.15) is 0 Å². The van der Waals surface area contributed by atoms with Crippen molar-refractivity contribution < 1.29 is 0 Å². The largest absolute Gasteiger partial charge is 0.308 e. The van der Waals surface area contributed by atoms with Gasteiger partial charge in [0, 0.05) is 31.9 Å². The SMILES string of the molecule is c1ccc(-c2ccc(N(c3ccc(-c4ccccc4)cc3)c3cccc4c3-n3c5ccccc5c5cccc(c53)S4)cc2)cc1. The highest BCUT2D eigenvalue weighted by Gasteiger charge is 2.27. The van der Waals surface area contributed by atoms with Crippen molar-refractivity contribution in [2.45, 2.75) is 9.79 Å². The molecule has 0 N–H and O–H groups in total. The topological polar surface area (TPSA) is 8.17 Å². The van der Waals surface area contributed by atoms with Gasteiger partial charge in [0.05, 0.1) is 22.4 Å². The van der Waals surface area contributed by atoms with E-state index in [-0.39, 0.29) is 0 Å². The molecule has 0 atom stereocenters. The molecule has 1 aliphatic heterocycles. The summed E-state index contributed by atoms with van der Waals surface area (Å²) in [5, 5.41) is 2.57. The molecule has 212 valence electrons. The number of nitrogens with zero attached hydrogens (tertiary/aromatic N) is 2. The quantitative estimate of drug-likeness (QED) is 0.196. The van der Waals surface area contributed by atoms with Crippen LogP contribution in [0.25, 0.3) is 49.7 Å². The summed E-state index contributed by atoms with van der Waals surface area (Å²) in [6.45, 7) is 0. The van der Waals surface area contributed by atoms with Gasteiger partial charge in [0.2, 0.25) is 0 Å². The Morgan fingerprint density at radius 3 is 1.56 bits per heavy atom. The van der Waals surface area contributed by atoms with E-state index in [1.165, 1.54) is 59.5 Å². The number of rotatable bonds is 5. The number of para-hydroxylation sites is 3. The second-order valence-electron chi connectivity index (χ2n) is 11.4. The lowest BCUT2D eigenvalue weighted by molar-refractivity contribution is 1.07. The van der Waals surface area contributed by atoms with Crippen LogP contribution in [0.1, 0.15) is 0 Å². The fourth-order valence-electron chi connectivity index (χ4n) is 6.71. The zero-order valence-corrected chi connectivity index (χ0v) is 25.3. The molecule has 0 radical (unpaired) electrons. The summed E-state index contributed by atoms with van der Waals surface area (Å²) in [6, 6.07) is 61.3. The molecule has 0 unspecified atom stereocenters. The Morgan fingerprint density at radius 2 is 0.911 bits per heavy atom. The third-order valence-corrected chi connectivity index (χ3v) is 9.88. The van der Waals surface area contributed by atoms with Gasteiger partial charge in [-0.25, -0.2) is 0 Å². The van der Waals surface area contributed by atoms with E-state index in [0.717, 1.165) is 17.1 Å². The molecule has 2 nitrogen and oxygen atoms in total. The molecule has 0 fully saturated rings. The van der Waals surface area contributed by atoms with Crippen LogP contribution in [-0.4, -0.2) is 4.57 Å². The smallest absolute Gasteiger partial charge is 0.0844 e. The van der Waals surface area contributed by atoms with Crippen LogP contribution in [0.3, 0.4) is 0 Å². The summed E-state index contributed by atoms with van der Waals surface area (Å²) in [6.07, 6.45) is 0. The molecule has 45 heavy (non-hydrogen) atoms. The molecule has 0 aliphatic carbocycles. The average molecular weight is 593 g/mol. The third-order valence-electron chi connectivity index (χ3n) is 8.79. The summed E-state index contributed by atoms with van der Waals surface area (Å²) in [5.41, 5.74) is 12.0. The maximum absolute atomic E-state index is 2.49. The molecule has 2 heterocycles. The molecule has 0 spiro atoms. The van der Waals surface area contributed by atoms with E-state index < -0.39 is 0 Å². The second kappa shape index (κ2) is 10.6. The highest BCUT2D eigenvalue weighted by atomic mass is 32.2. The van der Waals surface area contributed by atoms with Crippen LogP contribution in [0.15, 0.2) is 180 Å². The monoisotopic (exact) mass is 592 g/mol. The van der Waals surface area contributed by atoms with E-state index >= 15 is 0 Å². The van der Waals surface area contributed by atoms with Gasteiger partial charge in [-0.3, -0.25) is 0 Å². The predicted molar refractivity (Wildman–Crippen MR) is 190 cm³/mol. The van der Waals surface area contributed by atoms with Crippen molar-refractivity contribution >= 4 is 50.6 Å². The molecule has 0 bridgehead atoms. The molecule has 7 aromatic carbocycles. The summed E-state index contributed by atoms with van der Waals surface area (Å²) < 4.78 is 2.49. The zero-order valence-electron chi connectivity index (χ0n) is 24.5. The van der Waals surface area contributed by atoms with Crippen LogP contribution < -0.4 is 4.90 Å². The molecule has 9 rings (SSSR count). The van der Waals surface area contributed by atoms with E-state index in [1.807, 2.05) is 11.8 Å². The first-order valence-corrected chi connectivity index (χ1v) is 16.1.